The molecule has 9 aliphatic heterocycles. The first-order chi connectivity index (χ1) is 27.8. The molecule has 0 aromatic rings. The molecule has 0 N–H and O–H groups in total. The van der Waals surface area contributed by atoms with E-state index in [-0.39, 0.29) is 96.8 Å². The number of Topliss-reactive ketones (excluding diaryl/α,β-unsaturated/α-hetero) is 1. The van der Waals surface area contributed by atoms with Crippen LogP contribution in [-0.4, -0.2) is 99.7 Å². The second-order valence-electron chi connectivity index (χ2n) is 20.1. The average molecular weight is 825 g/mol. The molecular formula is C48H76O9Si. The zero-order valence-corrected chi connectivity index (χ0v) is 37.9. The van der Waals surface area contributed by atoms with Crippen molar-refractivity contribution in [2.45, 2.75) is 223 Å². The van der Waals surface area contributed by atoms with Gasteiger partial charge in [-0.15, -0.1) is 0 Å². The van der Waals surface area contributed by atoms with Crippen LogP contribution < -0.4 is 0 Å². The first kappa shape index (κ1) is 43.4. The third-order valence-electron chi connectivity index (χ3n) is 16.4. The van der Waals surface area contributed by atoms with Crippen LogP contribution >= 0.6 is 0 Å². The molecule has 58 heavy (non-hydrogen) atoms. The van der Waals surface area contributed by atoms with E-state index >= 15 is 0 Å². The maximum absolute atomic E-state index is 13.9. The van der Waals surface area contributed by atoms with E-state index in [2.05, 4.69) is 73.8 Å². The van der Waals surface area contributed by atoms with Crippen LogP contribution in [0.2, 0.25) is 18.1 Å². The van der Waals surface area contributed by atoms with Crippen molar-refractivity contribution >= 4 is 14.1 Å². The van der Waals surface area contributed by atoms with Crippen molar-refractivity contribution in [1.29, 1.82) is 0 Å². The third kappa shape index (κ3) is 8.72. The Balaban J connectivity index is 0.998. The lowest BCUT2D eigenvalue weighted by molar-refractivity contribution is -0.262. The topological polar surface area (TPSA) is 90.9 Å². The van der Waals surface area contributed by atoms with E-state index in [4.69, 9.17) is 37.6 Å². The summed E-state index contributed by atoms with van der Waals surface area (Å²) < 4.78 is 54.7. The van der Waals surface area contributed by atoms with Gasteiger partial charge < -0.3 is 37.6 Å². The minimum atomic E-state index is -1.68. The molecule has 0 radical (unpaired) electrons. The summed E-state index contributed by atoms with van der Waals surface area (Å²) in [5, 5.41) is 0. The van der Waals surface area contributed by atoms with Gasteiger partial charge in [0.25, 0.3) is 0 Å². The van der Waals surface area contributed by atoms with Gasteiger partial charge >= 0.3 is 0 Å². The zero-order chi connectivity index (χ0) is 40.9. The molecular weight excluding hydrogens is 749 g/mol. The number of rotatable bonds is 8. The normalized spacial score (nSPS) is 47.0. The number of carbonyl (C=O) groups excluding carboxylic acids is 1. The van der Waals surface area contributed by atoms with E-state index in [9.17, 15) is 4.79 Å². The Bertz CT molecular complexity index is 1500. The number of fused-ring (bicyclic) bond motifs is 6. The lowest BCUT2D eigenvalue weighted by Gasteiger charge is -2.42. The molecule has 0 aliphatic carbocycles. The lowest BCUT2D eigenvalue weighted by Crippen LogP contribution is -2.54. The van der Waals surface area contributed by atoms with Crippen LogP contribution in [0.1, 0.15) is 126 Å². The monoisotopic (exact) mass is 825 g/mol. The van der Waals surface area contributed by atoms with Crippen molar-refractivity contribution in [3.63, 3.8) is 0 Å². The second-order valence-corrected chi connectivity index (χ2v) is 24.9. The molecule has 9 heterocycles. The highest BCUT2D eigenvalue weighted by atomic mass is 28.4. The fourth-order valence-electron chi connectivity index (χ4n) is 12.2. The van der Waals surface area contributed by atoms with Gasteiger partial charge in [0.2, 0.25) is 0 Å². The molecule has 0 saturated carbocycles. The largest absolute Gasteiger partial charge is 0.417 e. The van der Waals surface area contributed by atoms with Gasteiger partial charge in [-0.2, -0.15) is 0 Å². The molecule has 9 nitrogen and oxygen atoms in total. The Hall–Kier alpha value is -1.21. The van der Waals surface area contributed by atoms with E-state index < -0.39 is 14.1 Å². The van der Waals surface area contributed by atoms with Gasteiger partial charge in [-0.3, -0.25) is 4.79 Å². The second kappa shape index (κ2) is 17.9. The van der Waals surface area contributed by atoms with E-state index in [1.54, 1.807) is 0 Å². The van der Waals surface area contributed by atoms with E-state index in [0.29, 0.717) is 24.7 Å². The highest BCUT2D eigenvalue weighted by Crippen LogP contribution is 2.54. The summed E-state index contributed by atoms with van der Waals surface area (Å²) in [6.07, 6.45) is 13.2. The van der Waals surface area contributed by atoms with Gasteiger partial charge in [0.05, 0.1) is 54.9 Å². The average Bonchev–Trinajstić information content (AvgIpc) is 3.87. The molecule has 8 saturated heterocycles. The summed E-state index contributed by atoms with van der Waals surface area (Å²) in [6, 6.07) is 3.47. The van der Waals surface area contributed by atoms with Crippen molar-refractivity contribution in [3.8, 4) is 0 Å². The zero-order valence-electron chi connectivity index (χ0n) is 36.9. The number of carbonyl (C=O) groups is 1. The smallest absolute Gasteiger partial charge is 0.191 e. The van der Waals surface area contributed by atoms with Crippen molar-refractivity contribution in [3.05, 3.63) is 36.5 Å². The van der Waals surface area contributed by atoms with Gasteiger partial charge in [-0.1, -0.05) is 73.8 Å². The van der Waals surface area contributed by atoms with Crippen molar-refractivity contribution in [1.82, 2.24) is 0 Å². The van der Waals surface area contributed by atoms with Crippen molar-refractivity contribution in [2.75, 3.05) is 6.61 Å². The Kier molecular flexibility index (Phi) is 13.4. The Morgan fingerprint density at radius 2 is 1.52 bits per heavy atom. The number of allylic oxidation sites excluding steroid dienone is 1. The molecule has 0 amide bonds. The Morgan fingerprint density at radius 1 is 0.793 bits per heavy atom. The van der Waals surface area contributed by atoms with E-state index in [1.807, 2.05) is 0 Å². The van der Waals surface area contributed by atoms with Crippen LogP contribution in [0, 0.1) is 29.6 Å². The SMILES string of the molecule is C=C1C[C@@H]2CC[C@@]34C[C@H]5O[C@@H]6[C@@H](O[C@@H](C/C=C/CC(=O)C[C@H]7C(C[C@H]8O[C@@H](CCC1O2)C[C@@H](C)C8=C)O[C@H](C[C@H](C)CO[Si](CC)(CC)CC)[C@@H]7C)[C@H](C)[C@@H]6O3)[C@H]5O4. The highest BCUT2D eigenvalue weighted by Gasteiger charge is 2.67. The van der Waals surface area contributed by atoms with Gasteiger partial charge in [0, 0.05) is 44.6 Å². The number of hydrogen-bond acceptors (Lipinski definition) is 9. The number of hydrogen-bond donors (Lipinski definition) is 0. The number of ether oxygens (including phenoxy) is 7. The summed E-state index contributed by atoms with van der Waals surface area (Å²) in [5.41, 5.74) is 2.34. The maximum Gasteiger partial charge on any atom is 0.191 e. The third-order valence-corrected chi connectivity index (χ3v) is 21.0. The molecule has 9 rings (SSSR count). The van der Waals surface area contributed by atoms with Crippen LogP contribution in [0.25, 0.3) is 0 Å². The first-order valence-electron chi connectivity index (χ1n) is 23.6. The summed E-state index contributed by atoms with van der Waals surface area (Å²) in [7, 11) is -1.68. The fourth-order valence-corrected chi connectivity index (χ4v) is 15.0. The summed E-state index contributed by atoms with van der Waals surface area (Å²) in [5.74, 6) is 0.826. The number of ketones is 1. The predicted octanol–water partition coefficient (Wildman–Crippen LogP) is 9.43. The molecule has 11 bridgehead atoms. The van der Waals surface area contributed by atoms with Crippen LogP contribution in [0.4, 0.5) is 0 Å². The molecule has 2 unspecified atom stereocenters. The standard InChI is InChI=1S/C48H76O9Si/c1-10-58(11-2,12-3)50-27-28(4)21-40-32(8)37-24-34(49)15-13-14-16-39-33(9)44-46-47(54-39)45-43(55-46)26-48(56-44,57-45)20-19-36-23-30(6)38(51-36)18-17-35-22-29(5)31(7)41(52-35)25-42(37)53-40/h13-14,28-29,32-33,35-47H,6-7,10-12,15-27H2,1-5,8-9H3/b14-13+/t28-,29+,32+,33-,35-,36-,37+,38?,39-,40+,41+,42?,43+,44-,45-,46-,47-,48+/m0/s1. The molecule has 9 aliphatic rings. The first-order valence-corrected chi connectivity index (χ1v) is 26.2. The maximum atomic E-state index is 13.9. The molecule has 0 aromatic carbocycles. The van der Waals surface area contributed by atoms with Gasteiger partial charge in [-0.05, 0) is 97.9 Å². The minimum Gasteiger partial charge on any atom is -0.417 e. The Morgan fingerprint density at radius 3 is 2.29 bits per heavy atom. The van der Waals surface area contributed by atoms with Gasteiger partial charge in [0.1, 0.15) is 24.1 Å². The lowest BCUT2D eigenvalue weighted by atomic mass is 9.79. The van der Waals surface area contributed by atoms with Crippen LogP contribution in [0.5, 0.6) is 0 Å². The molecule has 1 spiro atoms. The van der Waals surface area contributed by atoms with Crippen LogP contribution in [-0.2, 0) is 42.4 Å². The van der Waals surface area contributed by atoms with Crippen molar-refractivity contribution < 1.29 is 42.4 Å². The highest BCUT2D eigenvalue weighted by molar-refractivity contribution is 6.73. The van der Waals surface area contributed by atoms with Gasteiger partial charge in [-0.25, -0.2) is 0 Å². The molecule has 326 valence electrons. The van der Waals surface area contributed by atoms with Gasteiger partial charge in [0.15, 0.2) is 14.1 Å². The Labute approximate surface area is 350 Å². The van der Waals surface area contributed by atoms with E-state index in [1.165, 1.54) is 5.57 Å². The molecule has 10 heteroatoms. The predicted molar refractivity (Wildman–Crippen MR) is 227 cm³/mol. The molecule has 0 aromatic heterocycles. The molecule has 8 fully saturated rings. The summed E-state index contributed by atoms with van der Waals surface area (Å²) in [4.78, 5) is 13.9. The fraction of sp³-hybridized carbons (Fsp3) is 0.854. The van der Waals surface area contributed by atoms with Crippen LogP contribution in [0.15, 0.2) is 36.5 Å². The van der Waals surface area contributed by atoms with E-state index in [0.717, 1.165) is 94.5 Å². The minimum absolute atomic E-state index is 0.00564. The summed E-state index contributed by atoms with van der Waals surface area (Å²) >= 11 is 0. The quantitative estimate of drug-likeness (QED) is 0.176. The molecule has 18 atom stereocenters. The van der Waals surface area contributed by atoms with Crippen molar-refractivity contribution in [2.24, 2.45) is 29.6 Å². The van der Waals surface area contributed by atoms with Crippen LogP contribution in [0.3, 0.4) is 0 Å². The summed E-state index contributed by atoms with van der Waals surface area (Å²) in [6.45, 7) is 25.9.